The van der Waals surface area contributed by atoms with Crippen LogP contribution in [0.15, 0.2) is 78.9 Å². The summed E-state index contributed by atoms with van der Waals surface area (Å²) in [7, 11) is 0. The van der Waals surface area contributed by atoms with Gasteiger partial charge in [0.15, 0.2) is 11.9 Å². The Balaban J connectivity index is 1.79. The average Bonchev–Trinajstić information content (AvgIpc) is 2.72. The molecule has 0 aliphatic carbocycles. The number of benzene rings is 3. The van der Waals surface area contributed by atoms with Crippen LogP contribution in [-0.4, -0.2) is 17.8 Å². The molecule has 142 valence electrons. The first-order chi connectivity index (χ1) is 13.6. The maximum atomic E-state index is 12.8. The van der Waals surface area contributed by atoms with Gasteiger partial charge in [0, 0.05) is 11.1 Å². The molecule has 3 aromatic rings. The molecule has 4 nitrogen and oxygen atoms in total. The predicted octanol–water partition coefficient (Wildman–Crippen LogP) is 5.02. The van der Waals surface area contributed by atoms with E-state index in [0.29, 0.717) is 29.0 Å². The number of para-hydroxylation sites is 1. The van der Waals surface area contributed by atoms with E-state index in [1.807, 2.05) is 56.3 Å². The molecule has 0 unspecified atom stereocenters. The van der Waals surface area contributed by atoms with E-state index in [-0.39, 0.29) is 11.7 Å². The third kappa shape index (κ3) is 4.65. The molecule has 1 N–H and O–H groups in total. The van der Waals surface area contributed by atoms with Crippen molar-refractivity contribution in [1.82, 2.24) is 0 Å². The topological polar surface area (TPSA) is 55.4 Å². The van der Waals surface area contributed by atoms with Gasteiger partial charge in [0.2, 0.25) is 0 Å². The van der Waals surface area contributed by atoms with Gasteiger partial charge in [-0.25, -0.2) is 0 Å². The number of nitrogens with one attached hydrogen (secondary N) is 1. The Labute approximate surface area is 165 Å². The van der Waals surface area contributed by atoms with E-state index in [4.69, 9.17) is 4.74 Å². The fraction of sp³-hybridized carbons (Fsp3) is 0.167. The van der Waals surface area contributed by atoms with Crippen molar-refractivity contribution >= 4 is 17.4 Å². The minimum atomic E-state index is -0.651. The standard InChI is InChI=1S/C24H23NO3/c1-3-22(28-19-13-9-10-17(2)16-19)24(27)25-21-15-8-7-14-20(21)23(26)18-11-5-4-6-12-18/h4-16,22H,3H2,1-2H3,(H,25,27)/t22-/m1/s1. The van der Waals surface area contributed by atoms with Crippen molar-refractivity contribution in [3.8, 4) is 5.75 Å². The van der Waals surface area contributed by atoms with Crippen molar-refractivity contribution in [3.63, 3.8) is 0 Å². The maximum Gasteiger partial charge on any atom is 0.265 e. The van der Waals surface area contributed by atoms with E-state index in [2.05, 4.69) is 5.32 Å². The number of aryl methyl sites for hydroxylation is 1. The monoisotopic (exact) mass is 373 g/mol. The smallest absolute Gasteiger partial charge is 0.265 e. The predicted molar refractivity (Wildman–Crippen MR) is 111 cm³/mol. The number of ketones is 1. The lowest BCUT2D eigenvalue weighted by atomic mass is 10.0. The fourth-order valence-electron chi connectivity index (χ4n) is 2.92. The molecule has 3 rings (SSSR count). The molecule has 0 spiro atoms. The highest BCUT2D eigenvalue weighted by molar-refractivity contribution is 6.14. The first-order valence-electron chi connectivity index (χ1n) is 9.31. The van der Waals surface area contributed by atoms with Gasteiger partial charge in [0.1, 0.15) is 5.75 Å². The normalized spacial score (nSPS) is 11.5. The molecule has 1 atom stereocenters. The van der Waals surface area contributed by atoms with E-state index in [1.54, 1.807) is 36.4 Å². The summed E-state index contributed by atoms with van der Waals surface area (Å²) in [5, 5.41) is 2.86. The van der Waals surface area contributed by atoms with Crippen LogP contribution in [0.4, 0.5) is 5.69 Å². The zero-order valence-electron chi connectivity index (χ0n) is 16.0. The number of amides is 1. The molecule has 0 radical (unpaired) electrons. The second-order valence-corrected chi connectivity index (χ2v) is 6.56. The largest absolute Gasteiger partial charge is 0.481 e. The molecule has 1 amide bonds. The second-order valence-electron chi connectivity index (χ2n) is 6.56. The second kappa shape index (κ2) is 9.00. The van der Waals surface area contributed by atoms with E-state index < -0.39 is 6.10 Å². The number of hydrogen-bond acceptors (Lipinski definition) is 3. The number of hydrogen-bond donors (Lipinski definition) is 1. The van der Waals surface area contributed by atoms with Gasteiger partial charge in [-0.2, -0.15) is 0 Å². The average molecular weight is 373 g/mol. The minimum absolute atomic E-state index is 0.135. The lowest BCUT2D eigenvalue weighted by Crippen LogP contribution is -2.33. The minimum Gasteiger partial charge on any atom is -0.481 e. The van der Waals surface area contributed by atoms with Gasteiger partial charge in [0.05, 0.1) is 5.69 Å². The number of ether oxygens (including phenoxy) is 1. The van der Waals surface area contributed by atoms with Gasteiger partial charge < -0.3 is 10.1 Å². The highest BCUT2D eigenvalue weighted by atomic mass is 16.5. The molecule has 0 fully saturated rings. The number of carbonyl (C=O) groups excluding carboxylic acids is 2. The summed E-state index contributed by atoms with van der Waals surface area (Å²) in [6.07, 6.45) is -0.143. The van der Waals surface area contributed by atoms with E-state index in [1.165, 1.54) is 0 Å². The Morgan fingerprint density at radius 1 is 0.929 bits per heavy atom. The molecule has 0 heterocycles. The van der Waals surface area contributed by atoms with Gasteiger partial charge in [-0.05, 0) is 43.2 Å². The van der Waals surface area contributed by atoms with Crippen molar-refractivity contribution in [1.29, 1.82) is 0 Å². The third-order valence-electron chi connectivity index (χ3n) is 4.40. The van der Waals surface area contributed by atoms with Crippen molar-refractivity contribution < 1.29 is 14.3 Å². The van der Waals surface area contributed by atoms with E-state index >= 15 is 0 Å². The van der Waals surface area contributed by atoms with Crippen LogP contribution in [0, 0.1) is 6.92 Å². The first kappa shape index (κ1) is 19.4. The van der Waals surface area contributed by atoms with Crippen LogP contribution in [-0.2, 0) is 4.79 Å². The lowest BCUT2D eigenvalue weighted by Gasteiger charge is -2.18. The van der Waals surface area contributed by atoms with Crippen LogP contribution in [0.3, 0.4) is 0 Å². The molecule has 3 aromatic carbocycles. The van der Waals surface area contributed by atoms with Crippen molar-refractivity contribution in [2.24, 2.45) is 0 Å². The van der Waals surface area contributed by atoms with Gasteiger partial charge in [0.25, 0.3) is 5.91 Å². The van der Waals surface area contributed by atoms with Crippen LogP contribution in [0.25, 0.3) is 0 Å². The van der Waals surface area contributed by atoms with Crippen LogP contribution < -0.4 is 10.1 Å². The Morgan fingerprint density at radius 3 is 2.36 bits per heavy atom. The first-order valence-corrected chi connectivity index (χ1v) is 9.31. The van der Waals surface area contributed by atoms with Gasteiger partial charge >= 0.3 is 0 Å². The van der Waals surface area contributed by atoms with Crippen LogP contribution >= 0.6 is 0 Å². The van der Waals surface area contributed by atoms with Crippen molar-refractivity contribution in [2.75, 3.05) is 5.32 Å². The van der Waals surface area contributed by atoms with Gasteiger partial charge in [-0.1, -0.05) is 61.5 Å². The lowest BCUT2D eigenvalue weighted by molar-refractivity contribution is -0.122. The van der Waals surface area contributed by atoms with Gasteiger partial charge in [-0.3, -0.25) is 9.59 Å². The molecule has 28 heavy (non-hydrogen) atoms. The Bertz CT molecular complexity index is 966. The van der Waals surface area contributed by atoms with E-state index in [0.717, 1.165) is 5.56 Å². The summed E-state index contributed by atoms with van der Waals surface area (Å²) < 4.78 is 5.87. The van der Waals surface area contributed by atoms with Gasteiger partial charge in [-0.15, -0.1) is 0 Å². The summed E-state index contributed by atoms with van der Waals surface area (Å²) in [5.74, 6) is 0.233. The summed E-state index contributed by atoms with van der Waals surface area (Å²) in [6.45, 7) is 3.86. The summed E-state index contributed by atoms with van der Waals surface area (Å²) in [5.41, 5.74) is 2.57. The Hall–Kier alpha value is -3.40. The summed E-state index contributed by atoms with van der Waals surface area (Å²) >= 11 is 0. The van der Waals surface area contributed by atoms with Crippen LogP contribution in [0.5, 0.6) is 5.75 Å². The molecular weight excluding hydrogens is 350 g/mol. The summed E-state index contributed by atoms with van der Waals surface area (Å²) in [4.78, 5) is 25.6. The fourth-order valence-corrected chi connectivity index (χ4v) is 2.92. The zero-order chi connectivity index (χ0) is 19.9. The number of carbonyl (C=O) groups is 2. The van der Waals surface area contributed by atoms with Crippen LogP contribution in [0.1, 0.15) is 34.8 Å². The Morgan fingerprint density at radius 2 is 1.64 bits per heavy atom. The molecule has 0 saturated carbocycles. The maximum absolute atomic E-state index is 12.8. The van der Waals surface area contributed by atoms with E-state index in [9.17, 15) is 9.59 Å². The highest BCUT2D eigenvalue weighted by Crippen LogP contribution is 2.21. The quantitative estimate of drug-likeness (QED) is 0.592. The summed E-state index contributed by atoms with van der Waals surface area (Å²) in [6, 6.07) is 23.6. The number of anilines is 1. The van der Waals surface area contributed by atoms with Crippen molar-refractivity contribution in [3.05, 3.63) is 95.6 Å². The SMILES string of the molecule is CC[C@@H](Oc1cccc(C)c1)C(=O)Nc1ccccc1C(=O)c1ccccc1. The molecule has 0 bridgehead atoms. The Kier molecular flexibility index (Phi) is 6.22. The third-order valence-corrected chi connectivity index (χ3v) is 4.40. The molecule has 0 aromatic heterocycles. The molecule has 0 aliphatic rings. The zero-order valence-corrected chi connectivity index (χ0v) is 16.0. The molecular formula is C24H23NO3. The molecule has 0 saturated heterocycles. The van der Waals surface area contributed by atoms with Crippen molar-refractivity contribution in [2.45, 2.75) is 26.4 Å². The molecule has 0 aliphatic heterocycles. The highest BCUT2D eigenvalue weighted by Gasteiger charge is 2.21. The molecule has 4 heteroatoms. The number of rotatable bonds is 7. The van der Waals surface area contributed by atoms with Crippen LogP contribution in [0.2, 0.25) is 0 Å².